The lowest BCUT2D eigenvalue weighted by molar-refractivity contribution is -0.406. The predicted octanol–water partition coefficient (Wildman–Crippen LogP) is -12.6. The fourth-order valence-electron chi connectivity index (χ4n) is 15.4. The number of aliphatic hydroxyl groups excluding tert-OH is 1. The van der Waals surface area contributed by atoms with Crippen LogP contribution in [-0.2, 0) is 86.3 Å². The molecule has 136 heavy (non-hydrogen) atoms. The molecule has 2 fully saturated rings. The van der Waals surface area contributed by atoms with Gasteiger partial charge >= 0.3 is 5.97 Å². The third-order valence-electron chi connectivity index (χ3n) is 23.8. The number of rotatable bonds is 70. The number of likely N-dealkylation sites (tertiary alicyclic amines) is 2. The Labute approximate surface area is 797 Å². The zero-order valence-electron chi connectivity index (χ0n) is 81.5. The smallest absolute Gasteiger partial charge is 0.326 e. The average Bonchev–Trinajstić information content (AvgIpc) is 1.65. The lowest BCUT2D eigenvalue weighted by Gasteiger charge is -2.33. The summed E-state index contributed by atoms with van der Waals surface area (Å²) in [4.78, 5) is 255. The van der Waals surface area contributed by atoms with Crippen LogP contribution in [0.15, 0.2) is 0 Å². The number of carboxylic acids is 1. The first kappa shape index (κ1) is 122. The quantitative estimate of drug-likeness (QED) is 0.0199. The Kier molecular flexibility index (Phi) is 58.9. The van der Waals surface area contributed by atoms with Crippen LogP contribution >= 0.6 is 0 Å². The molecule has 0 aliphatic carbocycles. The van der Waals surface area contributed by atoms with Crippen molar-refractivity contribution in [2.24, 2.45) is 69.7 Å². The van der Waals surface area contributed by atoms with E-state index in [0.717, 1.165) is 6.42 Å². The number of hydrogen-bond acceptors (Lipinski definition) is 28. The first-order chi connectivity index (χ1) is 64.2. The molecule has 2 aliphatic heterocycles. The highest BCUT2D eigenvalue weighted by Crippen LogP contribution is 2.27. The zero-order chi connectivity index (χ0) is 103. The Hall–Kier alpha value is -10.1. The summed E-state index contributed by atoms with van der Waals surface area (Å²) in [7, 11) is 0. The third kappa shape index (κ3) is 45.5. The van der Waals surface area contributed by atoms with E-state index < -0.39 is 272 Å². The molecule has 778 valence electrons. The summed E-state index contributed by atoms with van der Waals surface area (Å²) in [6.45, 7) is 16.6. The Bertz CT molecular complexity index is 3800. The van der Waals surface area contributed by atoms with E-state index >= 15 is 0 Å². The second kappa shape index (κ2) is 65.6. The van der Waals surface area contributed by atoms with E-state index in [1.165, 1.54) is 9.80 Å². The summed E-state index contributed by atoms with van der Waals surface area (Å²) in [5.74, 6) is -17.7. The van der Waals surface area contributed by atoms with Crippen LogP contribution < -0.4 is 153 Å². The van der Waals surface area contributed by atoms with Crippen molar-refractivity contribution in [2.45, 2.75) is 333 Å². The Morgan fingerprint density at radius 2 is 0.743 bits per heavy atom. The number of carbonyl (C=O) groups excluding carboxylic acids is 17. The molecule has 45 N–H and O–H groups in total. The molecule has 0 radical (unpaired) electrons. The van der Waals surface area contributed by atoms with Gasteiger partial charge in [0, 0.05) is 25.9 Å². The molecule has 0 spiro atoms. The van der Waals surface area contributed by atoms with Gasteiger partial charge in [0.15, 0.2) is 6.04 Å². The molecule has 0 aromatic heterocycles. The minimum atomic E-state index is -1.81. The molecule has 50 heteroatoms. The second-order valence-corrected chi connectivity index (χ2v) is 36.4. The SMILES string of the molecule is CC[C@H](C)[C@H](NC(=O)[C@@H](NC(=O)[C@@H](NC(=O)[C@H](CCCNC(N)N)NC(=O)[C@H](CCCC[NH3+])NC(=O)[C@H](CO)NC(=O)[C@H](CCCNC(N)N)NC(=O)CNC(=O)[C@@H](NC(=O)[C@H](CCC(N)=O)NC(=O)CNC(=O)[C@H](CC(C)C)NC(=O)[C@H](CCCC[NH3+])NC(=O)[C@@H]1CCCN1C(=O)[C@@H]1CCCN1C(=O)[C@H](CCCNC(N)N)NC(=O)[C@@H]([NH3+])CCCC[NH3+])[C@@H](C)CC)C(C)C)C(C)C)C(=O)O. The predicted molar refractivity (Wildman–Crippen MR) is 500 cm³/mol. The number of hydrogen-bond donors (Lipinski definition) is 30. The molecule has 2 heterocycles. The van der Waals surface area contributed by atoms with Gasteiger partial charge in [-0.05, 0) is 178 Å². The molecule has 0 aromatic rings. The van der Waals surface area contributed by atoms with E-state index in [1.54, 1.807) is 69.2 Å². The molecule has 50 nitrogen and oxygen atoms in total. The molecule has 2 saturated heterocycles. The summed E-state index contributed by atoms with van der Waals surface area (Å²) in [6, 6.07) is -19.3. The van der Waals surface area contributed by atoms with Gasteiger partial charge in [-0.1, -0.05) is 82.1 Å². The molecule has 0 aromatic carbocycles. The van der Waals surface area contributed by atoms with Crippen molar-refractivity contribution in [2.75, 3.05) is 72.1 Å². The molecule has 0 bridgehead atoms. The number of amides is 17. The lowest BCUT2D eigenvalue weighted by Crippen LogP contribution is -2.69. The lowest BCUT2D eigenvalue weighted by atomic mass is 9.96. The fourth-order valence-corrected chi connectivity index (χ4v) is 15.4. The first-order valence-electron chi connectivity index (χ1n) is 48.1. The summed E-state index contributed by atoms with van der Waals surface area (Å²) in [6.07, 6.45) is 2.70. The van der Waals surface area contributed by atoms with Crippen LogP contribution in [0.4, 0.5) is 0 Å². The van der Waals surface area contributed by atoms with Gasteiger partial charge in [-0.25, -0.2) is 4.79 Å². The van der Waals surface area contributed by atoms with Crippen molar-refractivity contribution >= 4 is 106 Å². The molecule has 0 unspecified atom stereocenters. The summed E-state index contributed by atoms with van der Waals surface area (Å²) >= 11 is 0. The fraction of sp³-hybridized carbons (Fsp3) is 0.791. The van der Waals surface area contributed by atoms with Crippen molar-refractivity contribution in [1.29, 1.82) is 0 Å². The second-order valence-electron chi connectivity index (χ2n) is 36.4. The van der Waals surface area contributed by atoms with Crippen molar-refractivity contribution in [3.05, 3.63) is 0 Å². The van der Waals surface area contributed by atoms with Gasteiger partial charge in [0.25, 0.3) is 5.91 Å². The number of aliphatic hydroxyl groups is 1. The van der Waals surface area contributed by atoms with Gasteiger partial charge in [0.2, 0.25) is 94.5 Å². The van der Waals surface area contributed by atoms with Crippen LogP contribution in [0.3, 0.4) is 0 Å². The number of aliphatic carboxylic acids is 1. The monoisotopic (exact) mass is 1940 g/mol. The molecule has 2 aliphatic rings. The van der Waals surface area contributed by atoms with Crippen LogP contribution in [0.2, 0.25) is 0 Å². The highest BCUT2D eigenvalue weighted by atomic mass is 16.4. The van der Waals surface area contributed by atoms with Crippen molar-refractivity contribution < 1.29 is 119 Å². The average molecular weight is 1940 g/mol. The molecular weight excluding hydrogens is 1770 g/mol. The van der Waals surface area contributed by atoms with Gasteiger partial charge in [0.05, 0.1) is 39.3 Å². The maximum Gasteiger partial charge on any atom is 0.326 e. The van der Waals surface area contributed by atoms with Crippen LogP contribution in [-0.4, -0.2) is 308 Å². The van der Waals surface area contributed by atoms with Crippen molar-refractivity contribution in [3.8, 4) is 0 Å². The van der Waals surface area contributed by atoms with Crippen LogP contribution in [0.25, 0.3) is 0 Å². The summed E-state index contributed by atoms with van der Waals surface area (Å²) in [5, 5.41) is 65.5. The molecular formula is C86H168N30O20+4. The number of carboxylic acid groups (broad SMARTS) is 1. The van der Waals surface area contributed by atoms with E-state index in [1.807, 2.05) is 0 Å². The van der Waals surface area contributed by atoms with Crippen molar-refractivity contribution in [3.63, 3.8) is 0 Å². The normalized spacial score (nSPS) is 17.1. The van der Waals surface area contributed by atoms with E-state index in [2.05, 4.69) is 113 Å². The van der Waals surface area contributed by atoms with Gasteiger partial charge in [0.1, 0.15) is 103 Å². The van der Waals surface area contributed by atoms with Gasteiger partial charge in [-0.3, -0.25) is 97.5 Å². The van der Waals surface area contributed by atoms with E-state index in [4.69, 9.17) is 40.1 Å². The number of nitrogens with one attached hydrogen (secondary N) is 17. The standard InChI is InChI=1S/C86H164N30O20/c1-11-49(9)67(78(130)102-44-64(120)103-52(27-19-37-98-84(92)93)71(123)110-59(45-117)76(128)106-53(25-14-17-35-88)72(124)105-55(28-20-38-99-85(94)95)74(126)111-65(47(5)6)79(131)112-66(48(7)8)80(132)114-68(83(135)136)50(10)12-2)113-75(127)56(32-33-62(91)118)104-63(119)43-101-70(122)58(42-46(3)4)109-73(125)54(26-15-18-36-89)107-77(129)60-30-22-40-115(60)82(134)61-31-23-41-116(61)81(133)57(29-21-39-100-86(96)97)108-69(121)51(90)24-13-16-34-87/h46-61,65-68,84-86,98-100,117H,11-45,87-90,92-97H2,1-10H3,(H2,91,118)(H,101,122)(H,102,130)(H,103,120)(H,104,119)(H,105,124)(H,106,128)(H,107,129)(H,108,121)(H,109,125)(H,110,123)(H,111,126)(H,112,131)(H,113,127)(H,114,132)(H,135,136)/p+4/t49-,50-,51-,52-,53-,54-,55-,56-,57-,58-,59-,60-,61-,65-,66-,67-,68-/m0/s1. The van der Waals surface area contributed by atoms with E-state index in [0.29, 0.717) is 84.0 Å². The number of nitrogens with zero attached hydrogens (tertiary/aromatic N) is 2. The van der Waals surface area contributed by atoms with E-state index in [-0.39, 0.29) is 109 Å². The largest absolute Gasteiger partial charge is 0.480 e. The topological polar surface area (TPSA) is 851 Å². The third-order valence-corrected chi connectivity index (χ3v) is 23.8. The first-order valence-corrected chi connectivity index (χ1v) is 48.1. The summed E-state index contributed by atoms with van der Waals surface area (Å²) in [5.41, 5.74) is 55.3. The Morgan fingerprint density at radius 3 is 1.18 bits per heavy atom. The van der Waals surface area contributed by atoms with Gasteiger partial charge < -0.3 is 158 Å². The maximum atomic E-state index is 14.7. The molecule has 17 atom stereocenters. The number of unbranched alkanes of at least 4 members (excludes halogenated alkanes) is 3. The summed E-state index contributed by atoms with van der Waals surface area (Å²) < 4.78 is 0. The van der Waals surface area contributed by atoms with Crippen LogP contribution in [0.1, 0.15) is 223 Å². The molecule has 0 saturated carbocycles. The van der Waals surface area contributed by atoms with Gasteiger partial charge in [-0.2, -0.15) is 0 Å². The highest BCUT2D eigenvalue weighted by molar-refractivity contribution is 6.01. The van der Waals surface area contributed by atoms with Crippen molar-refractivity contribution in [1.82, 2.24) is 100 Å². The minimum Gasteiger partial charge on any atom is -0.480 e. The minimum absolute atomic E-state index is 0.0255. The number of quaternary nitrogens is 4. The molecule has 2 rings (SSSR count). The number of primary amides is 1. The Morgan fingerprint density at radius 1 is 0.382 bits per heavy atom. The van der Waals surface area contributed by atoms with E-state index in [9.17, 15) is 96.5 Å². The van der Waals surface area contributed by atoms with Crippen LogP contribution in [0.5, 0.6) is 0 Å². The Balaban J connectivity index is 2.38. The van der Waals surface area contributed by atoms with Gasteiger partial charge in [-0.15, -0.1) is 0 Å². The van der Waals surface area contributed by atoms with Crippen LogP contribution in [0, 0.1) is 29.6 Å². The maximum absolute atomic E-state index is 14.7. The zero-order valence-corrected chi connectivity index (χ0v) is 81.5. The highest BCUT2D eigenvalue weighted by Gasteiger charge is 2.46. The number of carbonyl (C=O) groups is 18. The number of nitrogens with two attached hydrogens (primary N) is 7. The molecule has 17 amide bonds.